The number of hydrogen-bond donors (Lipinski definition) is 2. The van der Waals surface area contributed by atoms with E-state index in [9.17, 15) is 9.18 Å². The predicted octanol–water partition coefficient (Wildman–Crippen LogP) is 2.95. The molecule has 1 heterocycles. The summed E-state index contributed by atoms with van der Waals surface area (Å²) in [6.07, 6.45) is 0. The third-order valence-corrected chi connectivity index (χ3v) is 5.00. The van der Waals surface area contributed by atoms with E-state index in [1.807, 2.05) is 20.8 Å². The summed E-state index contributed by atoms with van der Waals surface area (Å²) in [5, 5.41) is 6.66. The van der Waals surface area contributed by atoms with Crippen LogP contribution in [0.5, 0.6) is 0 Å². The van der Waals surface area contributed by atoms with E-state index >= 15 is 0 Å². The molecule has 6 nitrogen and oxygen atoms in total. The SMILES string of the molecule is CCNC(=NCCNC(=O)C(C)C)N1CCN(Cc2c(F)cccc2Cl)CC1.I. The molecule has 0 saturated carbocycles. The number of halogens is 3. The first-order valence-corrected chi connectivity index (χ1v) is 10.3. The molecule has 1 aliphatic rings. The lowest BCUT2D eigenvalue weighted by Crippen LogP contribution is -2.52. The molecule has 1 aromatic carbocycles. The second-order valence-corrected chi connectivity index (χ2v) is 7.55. The average Bonchev–Trinajstić information content (AvgIpc) is 2.67. The summed E-state index contributed by atoms with van der Waals surface area (Å²) in [4.78, 5) is 20.6. The molecule has 0 unspecified atom stereocenters. The predicted molar refractivity (Wildman–Crippen MR) is 128 cm³/mol. The van der Waals surface area contributed by atoms with Crippen LogP contribution in [0.15, 0.2) is 23.2 Å². The van der Waals surface area contributed by atoms with Crippen molar-refractivity contribution in [3.05, 3.63) is 34.6 Å². The van der Waals surface area contributed by atoms with Crippen LogP contribution in [-0.4, -0.2) is 67.5 Å². The fraction of sp³-hybridized carbons (Fsp3) is 0.600. The van der Waals surface area contributed by atoms with Gasteiger partial charge in [-0.05, 0) is 19.1 Å². The lowest BCUT2D eigenvalue weighted by atomic mass is 10.2. The van der Waals surface area contributed by atoms with Crippen LogP contribution in [0.1, 0.15) is 26.3 Å². The molecule has 1 aromatic rings. The van der Waals surface area contributed by atoms with E-state index in [1.165, 1.54) is 6.07 Å². The number of benzene rings is 1. The van der Waals surface area contributed by atoms with Gasteiger partial charge in [0, 0.05) is 62.3 Å². The van der Waals surface area contributed by atoms with Gasteiger partial charge in [0.1, 0.15) is 5.82 Å². The maximum Gasteiger partial charge on any atom is 0.222 e. The molecule has 2 rings (SSSR count). The summed E-state index contributed by atoms with van der Waals surface area (Å²) in [7, 11) is 0. The molecule has 1 fully saturated rings. The van der Waals surface area contributed by atoms with Gasteiger partial charge in [0.2, 0.25) is 5.91 Å². The summed E-state index contributed by atoms with van der Waals surface area (Å²) in [6, 6.07) is 4.80. The van der Waals surface area contributed by atoms with E-state index in [1.54, 1.807) is 12.1 Å². The highest BCUT2D eigenvalue weighted by molar-refractivity contribution is 14.0. The van der Waals surface area contributed by atoms with Crippen molar-refractivity contribution in [3.8, 4) is 0 Å². The van der Waals surface area contributed by atoms with E-state index in [0.29, 0.717) is 30.2 Å². The Morgan fingerprint density at radius 2 is 1.93 bits per heavy atom. The summed E-state index contributed by atoms with van der Waals surface area (Å²) in [5.41, 5.74) is 0.555. The molecule has 1 saturated heterocycles. The molecule has 164 valence electrons. The maximum atomic E-state index is 14.0. The van der Waals surface area contributed by atoms with E-state index in [2.05, 4.69) is 25.4 Å². The molecule has 0 radical (unpaired) electrons. The van der Waals surface area contributed by atoms with Gasteiger partial charge in [0.25, 0.3) is 0 Å². The van der Waals surface area contributed by atoms with E-state index in [4.69, 9.17) is 11.6 Å². The van der Waals surface area contributed by atoms with Crippen molar-refractivity contribution in [2.45, 2.75) is 27.3 Å². The van der Waals surface area contributed by atoms with Crippen molar-refractivity contribution in [2.24, 2.45) is 10.9 Å². The Hall–Kier alpha value is -1.13. The Kier molecular flexibility index (Phi) is 11.8. The normalized spacial score (nSPS) is 15.2. The van der Waals surface area contributed by atoms with Crippen molar-refractivity contribution in [1.29, 1.82) is 0 Å². The minimum Gasteiger partial charge on any atom is -0.357 e. The zero-order valence-corrected chi connectivity index (χ0v) is 20.5. The Labute approximate surface area is 195 Å². The molecule has 0 spiro atoms. The Morgan fingerprint density at radius 3 is 2.52 bits per heavy atom. The zero-order chi connectivity index (χ0) is 20.5. The number of rotatable bonds is 7. The fourth-order valence-electron chi connectivity index (χ4n) is 3.00. The van der Waals surface area contributed by atoms with Gasteiger partial charge in [0.15, 0.2) is 5.96 Å². The maximum absolute atomic E-state index is 14.0. The second-order valence-electron chi connectivity index (χ2n) is 7.14. The molecule has 29 heavy (non-hydrogen) atoms. The van der Waals surface area contributed by atoms with E-state index in [0.717, 1.165) is 38.7 Å². The molecule has 1 aliphatic heterocycles. The van der Waals surface area contributed by atoms with Gasteiger partial charge in [0.05, 0.1) is 6.54 Å². The van der Waals surface area contributed by atoms with Crippen LogP contribution in [0, 0.1) is 11.7 Å². The van der Waals surface area contributed by atoms with Crippen LogP contribution >= 0.6 is 35.6 Å². The monoisotopic (exact) mass is 539 g/mol. The van der Waals surface area contributed by atoms with Crippen LogP contribution < -0.4 is 10.6 Å². The van der Waals surface area contributed by atoms with Crippen LogP contribution in [0.4, 0.5) is 4.39 Å². The van der Waals surface area contributed by atoms with Gasteiger partial charge in [-0.15, -0.1) is 24.0 Å². The van der Waals surface area contributed by atoms with Crippen molar-refractivity contribution >= 4 is 47.4 Å². The second kappa shape index (κ2) is 13.2. The molecule has 9 heteroatoms. The average molecular weight is 540 g/mol. The molecule has 0 aromatic heterocycles. The van der Waals surface area contributed by atoms with Crippen molar-refractivity contribution in [3.63, 3.8) is 0 Å². The standard InChI is InChI=1S/C20H31ClFN5O.HI/c1-4-23-20(25-9-8-24-19(28)15(2)3)27-12-10-26(11-13-27)14-16-17(21)6-5-7-18(16)22;/h5-7,15H,4,8-14H2,1-3H3,(H,23,25)(H,24,28);1H. The number of piperazine rings is 1. The highest BCUT2D eigenvalue weighted by Gasteiger charge is 2.21. The molecule has 1 amide bonds. The van der Waals surface area contributed by atoms with Gasteiger partial charge in [-0.3, -0.25) is 14.7 Å². The van der Waals surface area contributed by atoms with Crippen LogP contribution in [0.3, 0.4) is 0 Å². The summed E-state index contributed by atoms with van der Waals surface area (Å²) < 4.78 is 14.0. The molecule has 0 bridgehead atoms. The number of aliphatic imine (C=N–C) groups is 1. The van der Waals surface area contributed by atoms with E-state index < -0.39 is 0 Å². The smallest absolute Gasteiger partial charge is 0.222 e. The largest absolute Gasteiger partial charge is 0.357 e. The fourth-order valence-corrected chi connectivity index (χ4v) is 3.22. The molecule has 2 N–H and O–H groups in total. The van der Waals surface area contributed by atoms with Crippen molar-refractivity contribution in [2.75, 3.05) is 45.8 Å². The van der Waals surface area contributed by atoms with Gasteiger partial charge < -0.3 is 15.5 Å². The first-order chi connectivity index (χ1) is 13.4. The Bertz CT molecular complexity index is 661. The Balaban J connectivity index is 0.00000420. The summed E-state index contributed by atoms with van der Waals surface area (Å²) >= 11 is 6.15. The number of guanidine groups is 1. The highest BCUT2D eigenvalue weighted by atomic mass is 127. The number of hydrogen-bond acceptors (Lipinski definition) is 3. The summed E-state index contributed by atoms with van der Waals surface area (Å²) in [6.45, 7) is 11.3. The van der Waals surface area contributed by atoms with Gasteiger partial charge in [-0.1, -0.05) is 31.5 Å². The number of amides is 1. The van der Waals surface area contributed by atoms with Gasteiger partial charge in [-0.2, -0.15) is 0 Å². The Morgan fingerprint density at radius 1 is 1.24 bits per heavy atom. The minimum atomic E-state index is -0.256. The number of nitrogens with one attached hydrogen (secondary N) is 2. The third-order valence-electron chi connectivity index (χ3n) is 4.65. The quantitative estimate of drug-likeness (QED) is 0.242. The first kappa shape index (κ1) is 25.9. The van der Waals surface area contributed by atoms with E-state index in [-0.39, 0.29) is 41.6 Å². The highest BCUT2D eigenvalue weighted by Crippen LogP contribution is 2.21. The topological polar surface area (TPSA) is 60.0 Å². The molecule has 0 aliphatic carbocycles. The molecular weight excluding hydrogens is 508 g/mol. The minimum absolute atomic E-state index is 0. The van der Waals surface area contributed by atoms with Crippen LogP contribution in [0.2, 0.25) is 5.02 Å². The number of carbonyl (C=O) groups excluding carboxylic acids is 1. The third kappa shape index (κ3) is 8.25. The van der Waals surface area contributed by atoms with Crippen LogP contribution in [0.25, 0.3) is 0 Å². The van der Waals surface area contributed by atoms with Crippen molar-refractivity contribution < 1.29 is 9.18 Å². The summed E-state index contributed by atoms with van der Waals surface area (Å²) in [5.74, 6) is 0.618. The van der Waals surface area contributed by atoms with Gasteiger partial charge >= 0.3 is 0 Å². The molecular formula is C20H32ClFIN5O. The lowest BCUT2D eigenvalue weighted by molar-refractivity contribution is -0.123. The van der Waals surface area contributed by atoms with Crippen molar-refractivity contribution in [1.82, 2.24) is 20.4 Å². The number of carbonyl (C=O) groups is 1. The zero-order valence-electron chi connectivity index (χ0n) is 17.4. The lowest BCUT2D eigenvalue weighted by Gasteiger charge is -2.36. The number of nitrogens with zero attached hydrogens (tertiary/aromatic N) is 3. The van der Waals surface area contributed by atoms with Crippen LogP contribution in [-0.2, 0) is 11.3 Å². The van der Waals surface area contributed by atoms with Gasteiger partial charge in [-0.25, -0.2) is 4.39 Å². The molecule has 0 atom stereocenters. The first-order valence-electron chi connectivity index (χ1n) is 9.88.